The average molecular weight is 291 g/mol. The Morgan fingerprint density at radius 1 is 0.864 bits per heavy atom. The molecule has 2 aliphatic rings. The van der Waals surface area contributed by atoms with Gasteiger partial charge in [-0.05, 0) is 17.5 Å². The predicted octanol–water partition coefficient (Wildman–Crippen LogP) is 3.82. The van der Waals surface area contributed by atoms with Crippen LogP contribution in [-0.4, -0.2) is 29.3 Å². The average Bonchev–Trinajstić information content (AvgIpc) is 3.15. The molecule has 4 rings (SSSR count). The molecule has 112 valence electrons. The molecule has 3 heteroatoms. The topological polar surface area (TPSA) is 18.6 Å². The van der Waals surface area contributed by atoms with Gasteiger partial charge in [0, 0.05) is 20.0 Å². The summed E-state index contributed by atoms with van der Waals surface area (Å²) < 4.78 is 0. The molecule has 0 saturated carbocycles. The summed E-state index contributed by atoms with van der Waals surface area (Å²) in [5.74, 6) is 1.22. The van der Waals surface area contributed by atoms with Crippen molar-refractivity contribution in [2.24, 2.45) is 5.10 Å². The third-order valence-electron chi connectivity index (χ3n) is 4.63. The minimum Gasteiger partial charge on any atom is -0.362 e. The molecule has 2 unspecified atom stereocenters. The van der Waals surface area contributed by atoms with Crippen molar-refractivity contribution in [1.82, 2.24) is 9.91 Å². The zero-order valence-electron chi connectivity index (χ0n) is 12.9. The molecule has 0 radical (unpaired) electrons. The summed E-state index contributed by atoms with van der Waals surface area (Å²) in [6.07, 6.45) is 2.31. The predicted molar refractivity (Wildman–Crippen MR) is 89.5 cm³/mol. The van der Waals surface area contributed by atoms with Crippen LogP contribution < -0.4 is 0 Å². The van der Waals surface area contributed by atoms with Crippen molar-refractivity contribution in [3.8, 4) is 0 Å². The standard InChI is InChI=1S/C19H21N3/c1-21-14-8-13-17(21)20-22-18(15-9-4-2-5-10-15)19(22)16-11-6-3-7-12-16/h2-7,9-12,18-19H,8,13-14H2,1H3/b20-17+. The van der Waals surface area contributed by atoms with Crippen LogP contribution in [0.5, 0.6) is 0 Å². The van der Waals surface area contributed by atoms with Gasteiger partial charge < -0.3 is 4.90 Å². The van der Waals surface area contributed by atoms with Crippen LogP contribution >= 0.6 is 0 Å². The largest absolute Gasteiger partial charge is 0.362 e. The van der Waals surface area contributed by atoms with Crippen molar-refractivity contribution in [3.63, 3.8) is 0 Å². The lowest BCUT2D eigenvalue weighted by Crippen LogP contribution is -2.20. The summed E-state index contributed by atoms with van der Waals surface area (Å²) in [7, 11) is 2.14. The van der Waals surface area contributed by atoms with Crippen molar-refractivity contribution in [1.29, 1.82) is 0 Å². The van der Waals surface area contributed by atoms with Gasteiger partial charge in [0.2, 0.25) is 0 Å². The molecule has 2 atom stereocenters. The molecule has 2 fully saturated rings. The Morgan fingerprint density at radius 3 is 1.86 bits per heavy atom. The number of rotatable bonds is 3. The fourth-order valence-corrected chi connectivity index (χ4v) is 3.37. The quantitative estimate of drug-likeness (QED) is 0.800. The molecule has 0 spiro atoms. The van der Waals surface area contributed by atoms with Gasteiger partial charge in [-0.15, -0.1) is 0 Å². The van der Waals surface area contributed by atoms with Gasteiger partial charge in [0.15, 0.2) is 0 Å². The van der Waals surface area contributed by atoms with Crippen LogP contribution in [0.25, 0.3) is 0 Å². The lowest BCUT2D eigenvalue weighted by atomic mass is 10.0. The molecule has 0 amide bonds. The summed E-state index contributed by atoms with van der Waals surface area (Å²) in [5.41, 5.74) is 2.70. The number of nitrogens with zero attached hydrogens (tertiary/aromatic N) is 3. The molecule has 2 aromatic rings. The minimum atomic E-state index is 0.366. The lowest BCUT2D eigenvalue weighted by Gasteiger charge is -2.11. The van der Waals surface area contributed by atoms with Gasteiger partial charge in [-0.3, -0.25) is 5.01 Å². The van der Waals surface area contributed by atoms with Gasteiger partial charge in [-0.25, -0.2) is 0 Å². The van der Waals surface area contributed by atoms with Crippen molar-refractivity contribution < 1.29 is 0 Å². The summed E-state index contributed by atoms with van der Waals surface area (Å²) in [5, 5.41) is 7.23. The van der Waals surface area contributed by atoms with E-state index in [1.54, 1.807) is 0 Å². The molecule has 0 aliphatic carbocycles. The maximum Gasteiger partial charge on any atom is 0.124 e. The molecule has 2 aromatic carbocycles. The first-order valence-electron chi connectivity index (χ1n) is 8.01. The van der Waals surface area contributed by atoms with E-state index in [2.05, 4.69) is 77.6 Å². The molecule has 2 aliphatic heterocycles. The van der Waals surface area contributed by atoms with E-state index in [-0.39, 0.29) is 0 Å². The number of likely N-dealkylation sites (tertiary alicyclic amines) is 1. The van der Waals surface area contributed by atoms with Gasteiger partial charge in [0.05, 0.1) is 12.1 Å². The van der Waals surface area contributed by atoms with Crippen molar-refractivity contribution in [2.75, 3.05) is 13.6 Å². The second-order valence-electron chi connectivity index (χ2n) is 6.13. The first-order chi connectivity index (χ1) is 10.8. The van der Waals surface area contributed by atoms with Crippen LogP contribution in [0.1, 0.15) is 36.1 Å². The maximum absolute atomic E-state index is 4.96. The maximum atomic E-state index is 4.96. The Hall–Kier alpha value is -2.29. The highest BCUT2D eigenvalue weighted by Gasteiger charge is 2.49. The minimum absolute atomic E-state index is 0.366. The van der Waals surface area contributed by atoms with Gasteiger partial charge in [0.25, 0.3) is 0 Å². The van der Waals surface area contributed by atoms with Gasteiger partial charge in [0.1, 0.15) is 5.84 Å². The Morgan fingerprint density at radius 2 is 1.41 bits per heavy atom. The second-order valence-corrected chi connectivity index (χ2v) is 6.13. The molecule has 3 nitrogen and oxygen atoms in total. The second kappa shape index (κ2) is 5.48. The fraction of sp³-hybridized carbons (Fsp3) is 0.316. The molecule has 0 aromatic heterocycles. The molecule has 22 heavy (non-hydrogen) atoms. The number of hydrogen-bond acceptors (Lipinski definition) is 2. The van der Waals surface area contributed by atoms with E-state index in [4.69, 9.17) is 5.10 Å². The molecule has 2 heterocycles. The normalized spacial score (nSPS) is 25.8. The van der Waals surface area contributed by atoms with Gasteiger partial charge >= 0.3 is 0 Å². The van der Waals surface area contributed by atoms with Crippen LogP contribution in [-0.2, 0) is 0 Å². The molecular formula is C19H21N3. The highest BCUT2D eigenvalue weighted by Crippen LogP contribution is 2.54. The molecule has 0 N–H and O–H groups in total. The van der Waals surface area contributed by atoms with Crippen LogP contribution in [0.2, 0.25) is 0 Å². The highest BCUT2D eigenvalue weighted by molar-refractivity contribution is 5.83. The van der Waals surface area contributed by atoms with E-state index in [0.717, 1.165) is 13.0 Å². The van der Waals surface area contributed by atoms with Crippen LogP contribution in [0.15, 0.2) is 65.8 Å². The SMILES string of the molecule is CN1CCC/C1=N\N1C(c2ccccc2)C1c1ccccc1. The first kappa shape index (κ1) is 13.4. The van der Waals surface area contributed by atoms with Crippen LogP contribution in [0.4, 0.5) is 0 Å². The van der Waals surface area contributed by atoms with E-state index in [0.29, 0.717) is 12.1 Å². The number of benzene rings is 2. The fourth-order valence-electron chi connectivity index (χ4n) is 3.37. The smallest absolute Gasteiger partial charge is 0.124 e. The van der Waals surface area contributed by atoms with Crippen molar-refractivity contribution in [3.05, 3.63) is 71.8 Å². The van der Waals surface area contributed by atoms with E-state index >= 15 is 0 Å². The zero-order chi connectivity index (χ0) is 14.9. The summed E-state index contributed by atoms with van der Waals surface area (Å²) in [6, 6.07) is 22.2. The lowest BCUT2D eigenvalue weighted by molar-refractivity contribution is 0.486. The molecule has 0 bridgehead atoms. The van der Waals surface area contributed by atoms with E-state index in [1.165, 1.54) is 23.4 Å². The van der Waals surface area contributed by atoms with Crippen LogP contribution in [0.3, 0.4) is 0 Å². The number of amidine groups is 1. The van der Waals surface area contributed by atoms with Gasteiger partial charge in [-0.1, -0.05) is 60.7 Å². The number of hydrogen-bond donors (Lipinski definition) is 0. The summed E-state index contributed by atoms with van der Waals surface area (Å²) in [4.78, 5) is 2.28. The third-order valence-corrected chi connectivity index (χ3v) is 4.63. The van der Waals surface area contributed by atoms with Crippen molar-refractivity contribution in [2.45, 2.75) is 24.9 Å². The monoisotopic (exact) mass is 291 g/mol. The van der Waals surface area contributed by atoms with E-state index in [1.807, 2.05) is 0 Å². The molecular weight excluding hydrogens is 270 g/mol. The summed E-state index contributed by atoms with van der Waals surface area (Å²) >= 11 is 0. The van der Waals surface area contributed by atoms with Crippen LogP contribution in [0, 0.1) is 0 Å². The van der Waals surface area contributed by atoms with Crippen molar-refractivity contribution >= 4 is 5.84 Å². The number of hydrazone groups is 1. The Labute approximate surface area is 131 Å². The first-order valence-corrected chi connectivity index (χ1v) is 8.01. The van der Waals surface area contributed by atoms with Gasteiger partial charge in [-0.2, -0.15) is 5.10 Å². The third kappa shape index (κ3) is 2.37. The Balaban J connectivity index is 1.66. The van der Waals surface area contributed by atoms with E-state index in [9.17, 15) is 0 Å². The molecule has 2 saturated heterocycles. The highest BCUT2D eigenvalue weighted by atomic mass is 15.6. The zero-order valence-corrected chi connectivity index (χ0v) is 12.9. The summed E-state index contributed by atoms with van der Waals surface area (Å²) in [6.45, 7) is 1.12. The van der Waals surface area contributed by atoms with E-state index < -0.39 is 0 Å². The Bertz CT molecular complexity index is 620. The Kier molecular flexibility index (Phi) is 3.34.